The first-order valence-electron chi connectivity index (χ1n) is 8.46. The van der Waals surface area contributed by atoms with Crippen molar-refractivity contribution in [3.63, 3.8) is 0 Å². The van der Waals surface area contributed by atoms with Crippen LogP contribution in [0.2, 0.25) is 10.0 Å². The van der Waals surface area contributed by atoms with Gasteiger partial charge in [0.2, 0.25) is 0 Å². The Morgan fingerprint density at radius 3 is 2.68 bits per heavy atom. The second-order valence-electron chi connectivity index (χ2n) is 6.22. The van der Waals surface area contributed by atoms with Gasteiger partial charge in [0.15, 0.2) is 5.82 Å². The molecule has 0 saturated carbocycles. The molecular formula is C19H19Cl2N5O2. The molecule has 28 heavy (non-hydrogen) atoms. The van der Waals surface area contributed by atoms with Gasteiger partial charge in [-0.25, -0.2) is 9.67 Å². The minimum Gasteiger partial charge on any atom is -0.374 e. The summed E-state index contributed by atoms with van der Waals surface area (Å²) in [6.07, 6.45) is 0.578. The van der Waals surface area contributed by atoms with Crippen LogP contribution >= 0.6 is 23.2 Å². The van der Waals surface area contributed by atoms with Crippen LogP contribution in [-0.2, 0) is 0 Å². The summed E-state index contributed by atoms with van der Waals surface area (Å²) in [6, 6.07) is 8.32. The molecule has 0 aliphatic carbocycles. The predicted molar refractivity (Wildman–Crippen MR) is 109 cm³/mol. The van der Waals surface area contributed by atoms with E-state index < -0.39 is 12.1 Å². The molecule has 2 aromatic heterocycles. The van der Waals surface area contributed by atoms with Gasteiger partial charge >= 0.3 is 0 Å². The summed E-state index contributed by atoms with van der Waals surface area (Å²) in [5.74, 6) is -0.0666. The fourth-order valence-electron chi connectivity index (χ4n) is 2.84. The Morgan fingerprint density at radius 1 is 1.25 bits per heavy atom. The van der Waals surface area contributed by atoms with E-state index in [4.69, 9.17) is 23.2 Å². The van der Waals surface area contributed by atoms with E-state index in [1.165, 1.54) is 4.68 Å². The molecule has 3 aromatic rings. The number of aliphatic hydroxyl groups excluding tert-OH is 1. The minimum absolute atomic E-state index is 0.261. The number of hydrogen-bond acceptors (Lipinski definition) is 5. The number of aromatic nitrogens is 3. The Kier molecular flexibility index (Phi) is 6.00. The molecule has 1 aromatic carbocycles. The Bertz CT molecular complexity index is 1040. The van der Waals surface area contributed by atoms with Crippen LogP contribution in [0.1, 0.15) is 33.5 Å². The quantitative estimate of drug-likeness (QED) is 0.548. The molecule has 2 heterocycles. The van der Waals surface area contributed by atoms with Crippen molar-refractivity contribution in [1.29, 1.82) is 0 Å². The smallest absolute Gasteiger partial charge is 0.274 e. The lowest BCUT2D eigenvalue weighted by Gasteiger charge is -2.18. The number of nitrogens with one attached hydrogen (secondary N) is 2. The van der Waals surface area contributed by atoms with E-state index in [9.17, 15) is 9.90 Å². The molecule has 3 rings (SSSR count). The van der Waals surface area contributed by atoms with E-state index >= 15 is 0 Å². The Morgan fingerprint density at radius 2 is 2.00 bits per heavy atom. The molecule has 0 spiro atoms. The molecule has 9 heteroatoms. The number of amides is 1. The maximum Gasteiger partial charge on any atom is 0.274 e. The summed E-state index contributed by atoms with van der Waals surface area (Å²) >= 11 is 12.3. The number of carbonyl (C=O) groups excluding carboxylic acids is 1. The van der Waals surface area contributed by atoms with Gasteiger partial charge in [-0.1, -0.05) is 23.2 Å². The Labute approximate surface area is 172 Å². The molecule has 0 aliphatic rings. The second-order valence-corrected chi connectivity index (χ2v) is 7.07. The lowest BCUT2D eigenvalue weighted by atomic mass is 10.1. The summed E-state index contributed by atoms with van der Waals surface area (Å²) in [4.78, 5) is 17.3. The average molecular weight is 420 g/mol. The SMILES string of the molecule is CNC(O)c1cc(Cl)cc(C)c1NC(=O)c1cc(C)nn1-c1ncccc1Cl. The highest BCUT2D eigenvalue weighted by molar-refractivity contribution is 6.32. The van der Waals surface area contributed by atoms with Gasteiger partial charge < -0.3 is 10.4 Å². The van der Waals surface area contributed by atoms with Crippen molar-refractivity contribution < 1.29 is 9.90 Å². The largest absolute Gasteiger partial charge is 0.374 e. The number of hydrogen-bond donors (Lipinski definition) is 3. The maximum atomic E-state index is 13.1. The summed E-state index contributed by atoms with van der Waals surface area (Å²) in [7, 11) is 1.61. The van der Waals surface area contributed by atoms with Crippen LogP contribution in [0, 0.1) is 13.8 Å². The predicted octanol–water partition coefficient (Wildman–Crippen LogP) is 3.65. The lowest BCUT2D eigenvalue weighted by Crippen LogP contribution is -2.22. The molecule has 1 unspecified atom stereocenters. The molecule has 7 nitrogen and oxygen atoms in total. The first-order valence-corrected chi connectivity index (χ1v) is 9.21. The van der Waals surface area contributed by atoms with Crippen LogP contribution in [-0.4, -0.2) is 32.8 Å². The number of aryl methyl sites for hydroxylation is 2. The summed E-state index contributed by atoms with van der Waals surface area (Å²) in [5.41, 5.74) is 2.53. The van der Waals surface area contributed by atoms with Gasteiger partial charge in [0.25, 0.3) is 5.91 Å². The average Bonchev–Trinajstić information content (AvgIpc) is 3.05. The molecular weight excluding hydrogens is 401 g/mol. The second kappa shape index (κ2) is 8.28. The molecule has 0 aliphatic heterocycles. The molecule has 0 bridgehead atoms. The van der Waals surface area contributed by atoms with Crippen molar-refractivity contribution >= 4 is 34.8 Å². The van der Waals surface area contributed by atoms with E-state index in [1.807, 2.05) is 0 Å². The fraction of sp³-hybridized carbons (Fsp3) is 0.211. The highest BCUT2D eigenvalue weighted by atomic mass is 35.5. The molecule has 1 atom stereocenters. The number of rotatable bonds is 5. The standard InChI is InChI=1S/C19H19Cl2N5O2/c1-10-7-12(20)9-13(18(27)22-3)16(10)24-19(28)15-8-11(2)25-26(15)17-14(21)5-4-6-23-17/h4-9,18,22,27H,1-3H3,(H,24,28). The third kappa shape index (κ3) is 4.02. The van der Waals surface area contributed by atoms with E-state index in [0.29, 0.717) is 38.4 Å². The molecule has 0 saturated heterocycles. The van der Waals surface area contributed by atoms with Gasteiger partial charge in [0.05, 0.1) is 16.4 Å². The monoisotopic (exact) mass is 419 g/mol. The van der Waals surface area contributed by atoms with E-state index in [-0.39, 0.29) is 5.69 Å². The zero-order chi connectivity index (χ0) is 20.4. The lowest BCUT2D eigenvalue weighted by molar-refractivity contribution is 0.101. The normalized spacial score (nSPS) is 12.1. The molecule has 0 radical (unpaired) electrons. The number of carbonyl (C=O) groups is 1. The minimum atomic E-state index is -0.996. The Hall–Kier alpha value is -2.45. The zero-order valence-electron chi connectivity index (χ0n) is 15.5. The summed E-state index contributed by atoms with van der Waals surface area (Å²) < 4.78 is 1.40. The van der Waals surface area contributed by atoms with E-state index in [2.05, 4.69) is 20.7 Å². The highest BCUT2D eigenvalue weighted by Crippen LogP contribution is 2.30. The van der Waals surface area contributed by atoms with E-state index in [0.717, 1.165) is 0 Å². The topological polar surface area (TPSA) is 92.1 Å². The third-order valence-electron chi connectivity index (χ3n) is 4.14. The first-order chi connectivity index (χ1) is 13.3. The molecule has 1 amide bonds. The van der Waals surface area contributed by atoms with Gasteiger partial charge in [-0.05, 0) is 56.8 Å². The van der Waals surface area contributed by atoms with Crippen molar-refractivity contribution in [1.82, 2.24) is 20.1 Å². The molecule has 0 fully saturated rings. The summed E-state index contributed by atoms with van der Waals surface area (Å²) in [6.45, 7) is 3.57. The third-order valence-corrected chi connectivity index (χ3v) is 4.65. The number of benzene rings is 1. The molecule has 3 N–H and O–H groups in total. The maximum absolute atomic E-state index is 13.1. The fourth-order valence-corrected chi connectivity index (χ4v) is 3.33. The van der Waals surface area contributed by atoms with Crippen LogP contribution < -0.4 is 10.6 Å². The zero-order valence-corrected chi connectivity index (χ0v) is 17.0. The van der Waals surface area contributed by atoms with Crippen LogP contribution in [0.15, 0.2) is 36.5 Å². The first kappa shape index (κ1) is 20.3. The van der Waals surface area contributed by atoms with Crippen molar-refractivity contribution in [2.45, 2.75) is 20.1 Å². The van der Waals surface area contributed by atoms with E-state index in [1.54, 1.807) is 57.4 Å². The van der Waals surface area contributed by atoms with Crippen LogP contribution in [0.5, 0.6) is 0 Å². The van der Waals surface area contributed by atoms with Gasteiger partial charge in [0, 0.05) is 16.8 Å². The highest BCUT2D eigenvalue weighted by Gasteiger charge is 2.21. The number of pyridine rings is 1. The van der Waals surface area contributed by atoms with Crippen LogP contribution in [0.4, 0.5) is 5.69 Å². The van der Waals surface area contributed by atoms with Crippen molar-refractivity contribution in [2.24, 2.45) is 0 Å². The van der Waals surface area contributed by atoms with Gasteiger partial charge in [-0.3, -0.25) is 10.1 Å². The van der Waals surface area contributed by atoms with Gasteiger partial charge in [-0.2, -0.15) is 5.10 Å². The molecule has 146 valence electrons. The van der Waals surface area contributed by atoms with Gasteiger partial charge in [-0.15, -0.1) is 0 Å². The summed E-state index contributed by atoms with van der Waals surface area (Å²) in [5, 5.41) is 21.0. The van der Waals surface area contributed by atoms with Crippen molar-refractivity contribution in [3.8, 4) is 5.82 Å². The van der Waals surface area contributed by atoms with Crippen LogP contribution in [0.3, 0.4) is 0 Å². The number of aliphatic hydroxyl groups is 1. The number of halogens is 2. The van der Waals surface area contributed by atoms with Crippen molar-refractivity contribution in [3.05, 3.63) is 69.1 Å². The van der Waals surface area contributed by atoms with Crippen molar-refractivity contribution in [2.75, 3.05) is 12.4 Å². The van der Waals surface area contributed by atoms with Crippen LogP contribution in [0.25, 0.3) is 5.82 Å². The van der Waals surface area contributed by atoms with Gasteiger partial charge in [0.1, 0.15) is 11.9 Å². The number of anilines is 1. The Balaban J connectivity index is 2.03. The number of nitrogens with zero attached hydrogens (tertiary/aromatic N) is 3.